The van der Waals surface area contributed by atoms with Crippen LogP contribution in [0.2, 0.25) is 0 Å². The quantitative estimate of drug-likeness (QED) is 0.230. The molecule has 0 aliphatic carbocycles. The van der Waals surface area contributed by atoms with E-state index in [0.29, 0.717) is 11.5 Å². The third-order valence-corrected chi connectivity index (χ3v) is 6.90. The first kappa shape index (κ1) is 32.4. The number of rotatable bonds is 4. The number of benzene rings is 4. The maximum atomic E-state index is 9.79. The van der Waals surface area contributed by atoms with Crippen molar-refractivity contribution in [3.63, 3.8) is 0 Å². The van der Waals surface area contributed by atoms with Gasteiger partial charge in [-0.3, -0.25) is 0 Å². The van der Waals surface area contributed by atoms with E-state index in [1.165, 1.54) is 0 Å². The second-order valence-electron chi connectivity index (χ2n) is 10.1. The zero-order valence-electron chi connectivity index (χ0n) is 24.8. The maximum absolute atomic E-state index is 9.79. The molecule has 2 N–H and O–H groups in total. The second kappa shape index (κ2) is 13.5. The van der Waals surface area contributed by atoms with Gasteiger partial charge in [-0.25, -0.2) is 0 Å². The molecule has 4 nitrogen and oxygen atoms in total. The number of ether oxygens (including phenoxy) is 2. The van der Waals surface area contributed by atoms with Crippen LogP contribution in [0.15, 0.2) is 36.4 Å². The van der Waals surface area contributed by atoms with Crippen LogP contribution in [0.1, 0.15) is 55.6 Å². The van der Waals surface area contributed by atoms with Gasteiger partial charge in [-0.2, -0.15) is 35.4 Å². The third-order valence-electron chi connectivity index (χ3n) is 6.90. The predicted molar refractivity (Wildman–Crippen MR) is 154 cm³/mol. The van der Waals surface area contributed by atoms with E-state index in [1.54, 1.807) is 0 Å². The Morgan fingerprint density at radius 3 is 1.05 bits per heavy atom. The van der Waals surface area contributed by atoms with Gasteiger partial charge in [-0.15, -0.1) is 22.3 Å². The monoisotopic (exact) mass is 599 g/mol. The molecular weight excluding hydrogens is 561 g/mol. The number of phenols is 2. The SMILES string of the molecule is Cc1[c-]cc(C)c(Oc2cc(C)c(O)c(C)c2)c1C.Cc1[c-]cc(C)c(Oc2cc(C)c(O)c(C)c2)c1C.[Y]. The molecule has 0 atom stereocenters. The van der Waals surface area contributed by atoms with E-state index >= 15 is 0 Å². The molecule has 0 saturated carbocycles. The summed E-state index contributed by atoms with van der Waals surface area (Å²) < 4.78 is 12.0. The van der Waals surface area contributed by atoms with Crippen molar-refractivity contribution in [3.05, 3.63) is 104 Å². The summed E-state index contributed by atoms with van der Waals surface area (Å²) in [6.07, 6.45) is 0. The smallest absolute Gasteiger partial charge is 0.125 e. The minimum absolute atomic E-state index is 0. The average Bonchev–Trinajstić information content (AvgIpc) is 2.86. The van der Waals surface area contributed by atoms with Crippen molar-refractivity contribution in [3.8, 4) is 34.5 Å². The van der Waals surface area contributed by atoms with Gasteiger partial charge < -0.3 is 19.7 Å². The number of aromatic hydroxyl groups is 2. The number of hydrogen-bond donors (Lipinski definition) is 2. The van der Waals surface area contributed by atoms with Crippen LogP contribution in [0.3, 0.4) is 0 Å². The molecule has 4 aromatic rings. The zero-order chi connectivity index (χ0) is 28.3. The Balaban J connectivity index is 0.000000267. The number of phenolic OH excluding ortho intramolecular Hbond substituents is 2. The Labute approximate surface area is 258 Å². The van der Waals surface area contributed by atoms with Crippen LogP contribution >= 0.6 is 0 Å². The molecule has 0 fully saturated rings. The fraction of sp³-hybridized carbons (Fsp3) is 0.294. The van der Waals surface area contributed by atoms with Crippen molar-refractivity contribution in [2.75, 3.05) is 0 Å². The molecule has 5 heteroatoms. The van der Waals surface area contributed by atoms with E-state index < -0.39 is 0 Å². The first-order valence-corrected chi connectivity index (χ1v) is 12.7. The van der Waals surface area contributed by atoms with Crippen LogP contribution in [0.5, 0.6) is 34.5 Å². The average molecular weight is 600 g/mol. The fourth-order valence-corrected chi connectivity index (χ4v) is 4.21. The molecule has 0 bridgehead atoms. The molecule has 0 aliphatic heterocycles. The van der Waals surface area contributed by atoms with E-state index in [2.05, 4.69) is 12.1 Å². The predicted octanol–water partition coefficient (Wildman–Crippen LogP) is 9.05. The maximum Gasteiger partial charge on any atom is 0.125 e. The largest absolute Gasteiger partial charge is 0.507 e. The van der Waals surface area contributed by atoms with E-state index in [4.69, 9.17) is 9.47 Å². The molecule has 203 valence electrons. The summed E-state index contributed by atoms with van der Waals surface area (Å²) in [4.78, 5) is 0. The molecule has 0 amide bonds. The zero-order valence-corrected chi connectivity index (χ0v) is 27.6. The molecule has 39 heavy (non-hydrogen) atoms. The molecule has 4 aromatic carbocycles. The van der Waals surface area contributed by atoms with Gasteiger partial charge in [-0.1, -0.05) is 41.5 Å². The minimum atomic E-state index is 0. The second-order valence-corrected chi connectivity index (χ2v) is 10.1. The van der Waals surface area contributed by atoms with Crippen LogP contribution in [0.25, 0.3) is 0 Å². The molecule has 0 saturated heterocycles. The van der Waals surface area contributed by atoms with Crippen molar-refractivity contribution in [2.24, 2.45) is 0 Å². The van der Waals surface area contributed by atoms with Crippen LogP contribution in [0, 0.1) is 81.4 Å². The fourth-order valence-electron chi connectivity index (χ4n) is 4.21. The van der Waals surface area contributed by atoms with Crippen molar-refractivity contribution in [2.45, 2.75) is 69.2 Å². The first-order valence-electron chi connectivity index (χ1n) is 12.7. The summed E-state index contributed by atoms with van der Waals surface area (Å²) >= 11 is 0. The summed E-state index contributed by atoms with van der Waals surface area (Å²) in [5.74, 6) is 3.92. The van der Waals surface area contributed by atoms with E-state index in [0.717, 1.165) is 78.6 Å². The summed E-state index contributed by atoms with van der Waals surface area (Å²) in [6, 6.07) is 17.7. The topological polar surface area (TPSA) is 58.9 Å². The Morgan fingerprint density at radius 2 is 0.769 bits per heavy atom. The Kier molecular flexibility index (Phi) is 11.2. The molecule has 0 spiro atoms. The van der Waals surface area contributed by atoms with Crippen molar-refractivity contribution in [1.29, 1.82) is 0 Å². The Morgan fingerprint density at radius 1 is 0.487 bits per heavy atom. The molecule has 0 unspecified atom stereocenters. The summed E-state index contributed by atoms with van der Waals surface area (Å²) in [5, 5.41) is 19.6. The summed E-state index contributed by atoms with van der Waals surface area (Å²) in [7, 11) is 0. The number of aryl methyl sites for hydroxylation is 8. The summed E-state index contributed by atoms with van der Waals surface area (Å²) in [5.41, 5.74) is 9.80. The normalized spacial score (nSPS) is 10.3. The van der Waals surface area contributed by atoms with Crippen LogP contribution in [-0.2, 0) is 32.7 Å². The minimum Gasteiger partial charge on any atom is -0.507 e. The molecule has 1 radical (unpaired) electrons. The van der Waals surface area contributed by atoms with Crippen molar-refractivity contribution >= 4 is 0 Å². The summed E-state index contributed by atoms with van der Waals surface area (Å²) in [6.45, 7) is 19.6. The van der Waals surface area contributed by atoms with Gasteiger partial charge in [0.2, 0.25) is 0 Å². The Bertz CT molecular complexity index is 1330. The van der Waals surface area contributed by atoms with Crippen molar-refractivity contribution < 1.29 is 52.4 Å². The molecular formula is C34H38O4Y-2. The van der Waals surface area contributed by atoms with Gasteiger partial charge in [0, 0.05) is 44.2 Å². The third kappa shape index (κ3) is 7.65. The van der Waals surface area contributed by atoms with E-state index in [-0.39, 0.29) is 32.7 Å². The van der Waals surface area contributed by atoms with Crippen LogP contribution in [0.4, 0.5) is 0 Å². The Hall–Kier alpha value is -2.82. The van der Waals surface area contributed by atoms with Gasteiger partial charge in [0.1, 0.15) is 23.0 Å². The number of hydrogen-bond acceptors (Lipinski definition) is 4. The van der Waals surface area contributed by atoms with Crippen LogP contribution in [-0.4, -0.2) is 10.2 Å². The van der Waals surface area contributed by atoms with E-state index in [9.17, 15) is 10.2 Å². The van der Waals surface area contributed by atoms with E-state index in [1.807, 2.05) is 106 Å². The molecule has 0 heterocycles. The molecule has 4 rings (SSSR count). The molecule has 0 aromatic heterocycles. The first-order chi connectivity index (χ1) is 17.8. The molecule has 0 aliphatic rings. The van der Waals surface area contributed by atoms with Gasteiger partial charge in [0.05, 0.1) is 0 Å². The van der Waals surface area contributed by atoms with Crippen molar-refractivity contribution in [1.82, 2.24) is 0 Å². The standard InChI is InChI=1S/2C17H19O2.Y/c2*1-10-6-7-11(2)17(14(10)5)19-15-8-12(3)16(18)13(4)9-15;/h2*7-9,18H,1-5H3;/q2*-1;. The van der Waals surface area contributed by atoms with Gasteiger partial charge >= 0.3 is 0 Å². The van der Waals surface area contributed by atoms with Gasteiger partial charge in [0.15, 0.2) is 0 Å². The van der Waals surface area contributed by atoms with Gasteiger partial charge in [-0.05, 0) is 74.2 Å². The van der Waals surface area contributed by atoms with Gasteiger partial charge in [0.25, 0.3) is 0 Å². The van der Waals surface area contributed by atoms with Crippen LogP contribution < -0.4 is 9.47 Å².